The molecule has 0 saturated carbocycles. The van der Waals surface area contributed by atoms with Crippen molar-refractivity contribution in [2.45, 2.75) is 65.1 Å². The second kappa shape index (κ2) is 15.8. The molecule has 1 aromatic rings. The van der Waals surface area contributed by atoms with Crippen molar-refractivity contribution in [2.75, 3.05) is 6.26 Å². The first-order valence-corrected chi connectivity index (χ1v) is 12.7. The van der Waals surface area contributed by atoms with Gasteiger partial charge in [-0.2, -0.15) is 0 Å². The molecule has 0 aliphatic carbocycles. The Morgan fingerprint density at radius 2 is 1.70 bits per heavy atom. The molecule has 1 aromatic carbocycles. The zero-order valence-electron chi connectivity index (χ0n) is 19.7. The van der Waals surface area contributed by atoms with Crippen LogP contribution in [0.5, 0.6) is 0 Å². The highest BCUT2D eigenvalue weighted by Crippen LogP contribution is 2.08. The van der Waals surface area contributed by atoms with E-state index >= 15 is 0 Å². The molecule has 33 heavy (non-hydrogen) atoms. The number of aliphatic carboxylic acids is 1. The lowest BCUT2D eigenvalue weighted by Gasteiger charge is -2.22. The van der Waals surface area contributed by atoms with E-state index in [0.29, 0.717) is 19.3 Å². The Labute approximate surface area is 196 Å². The summed E-state index contributed by atoms with van der Waals surface area (Å²) in [6.45, 7) is 8.93. The molecule has 9 nitrogen and oxygen atoms in total. The number of hydrogen-bond acceptors (Lipinski definition) is 6. The molecule has 2 amide bonds. The molecule has 0 spiro atoms. The average molecular weight is 485 g/mol. The van der Waals surface area contributed by atoms with Crippen molar-refractivity contribution >= 4 is 27.8 Å². The molecule has 2 atom stereocenters. The van der Waals surface area contributed by atoms with E-state index < -0.39 is 39.9 Å². The van der Waals surface area contributed by atoms with Crippen LogP contribution in [-0.4, -0.2) is 49.8 Å². The van der Waals surface area contributed by atoms with Crippen molar-refractivity contribution in [1.29, 1.82) is 0 Å². The number of unbranched alkanes of at least 4 members (excludes halogenated alkanes) is 1. The van der Waals surface area contributed by atoms with Gasteiger partial charge in [-0.3, -0.25) is 4.79 Å². The van der Waals surface area contributed by atoms with E-state index in [1.54, 1.807) is 0 Å². The van der Waals surface area contributed by atoms with Gasteiger partial charge in [0.05, 0.1) is 0 Å². The van der Waals surface area contributed by atoms with E-state index in [1.165, 1.54) is 0 Å². The third-order valence-corrected chi connectivity index (χ3v) is 4.90. The molecule has 0 unspecified atom stereocenters. The third-order valence-electron chi connectivity index (χ3n) is 4.29. The number of benzene rings is 1. The molecule has 10 heteroatoms. The van der Waals surface area contributed by atoms with E-state index in [9.17, 15) is 27.9 Å². The summed E-state index contributed by atoms with van der Waals surface area (Å²) in [5.41, 5.74) is 0.836. The predicted octanol–water partition coefficient (Wildman–Crippen LogP) is 3.26. The lowest BCUT2D eigenvalue weighted by atomic mass is 10.0. The van der Waals surface area contributed by atoms with Crippen LogP contribution in [0, 0.1) is 5.92 Å². The number of nitrogens with one attached hydrogen (secondary N) is 2. The van der Waals surface area contributed by atoms with Crippen molar-refractivity contribution in [3.8, 4) is 0 Å². The molecule has 0 aliphatic heterocycles. The Bertz CT molecular complexity index is 843. The Balaban J connectivity index is 0.00000150. The van der Waals surface area contributed by atoms with Gasteiger partial charge in [0.1, 0.15) is 18.7 Å². The fourth-order valence-electron chi connectivity index (χ4n) is 2.55. The largest absolute Gasteiger partial charge is 0.480 e. The summed E-state index contributed by atoms with van der Waals surface area (Å²) >= 11 is 0. The molecule has 0 aliphatic rings. The quantitative estimate of drug-likeness (QED) is 0.414. The summed E-state index contributed by atoms with van der Waals surface area (Å²) in [5.74, 6) is -1.45. The van der Waals surface area contributed by atoms with Gasteiger partial charge in [-0.05, 0) is 24.3 Å². The van der Waals surface area contributed by atoms with Crippen molar-refractivity contribution in [1.82, 2.24) is 10.6 Å². The van der Waals surface area contributed by atoms with Crippen LogP contribution in [0.3, 0.4) is 0 Å². The van der Waals surface area contributed by atoms with Gasteiger partial charge in [0.15, 0.2) is 9.84 Å². The average Bonchev–Trinajstić information content (AvgIpc) is 2.74. The standard InChI is InChI=1S/C20H30N2O5.C3H6O2S/c1-4-5-11-16(19(24)25)21-18(23)17(12-14(2)3)22-20(26)27-13-15-9-7-6-8-10-15;1-3-6(2,4)5/h6-10,14,16-17H,4-5,11-13H2,1-3H3,(H,21,23)(H,22,26)(H,24,25);3H,1H2,2H3/t16-,17-;/m0./s1. The van der Waals surface area contributed by atoms with Crippen LogP contribution < -0.4 is 10.6 Å². The summed E-state index contributed by atoms with van der Waals surface area (Å²) in [4.78, 5) is 35.9. The predicted molar refractivity (Wildman–Crippen MR) is 127 cm³/mol. The van der Waals surface area contributed by atoms with E-state index in [2.05, 4.69) is 17.2 Å². The molecule has 186 valence electrons. The normalized spacial score (nSPS) is 12.5. The Hall–Kier alpha value is -2.88. The third kappa shape index (κ3) is 15.5. The second-order valence-electron chi connectivity index (χ2n) is 7.93. The van der Waals surface area contributed by atoms with E-state index in [4.69, 9.17) is 4.74 Å². The van der Waals surface area contributed by atoms with Gasteiger partial charge in [-0.1, -0.05) is 70.5 Å². The van der Waals surface area contributed by atoms with Gasteiger partial charge in [0.2, 0.25) is 5.91 Å². The molecule has 0 radical (unpaired) electrons. The number of ether oxygens (including phenoxy) is 1. The number of carboxylic acids is 1. The number of alkyl carbamates (subject to hydrolysis) is 1. The van der Waals surface area contributed by atoms with Crippen molar-refractivity contribution in [2.24, 2.45) is 5.92 Å². The SMILES string of the molecule is C=CS(C)(=O)=O.CCCC[C@H](NC(=O)[C@H](CC(C)C)NC(=O)OCc1ccccc1)C(=O)O. The van der Waals surface area contributed by atoms with Gasteiger partial charge in [-0.15, -0.1) is 0 Å². The van der Waals surface area contributed by atoms with E-state index in [1.807, 2.05) is 51.1 Å². The van der Waals surface area contributed by atoms with Gasteiger partial charge < -0.3 is 20.5 Å². The lowest BCUT2D eigenvalue weighted by molar-refractivity contribution is -0.142. The first-order valence-electron chi connectivity index (χ1n) is 10.7. The highest BCUT2D eigenvalue weighted by Gasteiger charge is 2.27. The van der Waals surface area contributed by atoms with Gasteiger partial charge in [0.25, 0.3) is 0 Å². The summed E-state index contributed by atoms with van der Waals surface area (Å²) in [5, 5.41) is 15.3. The summed E-state index contributed by atoms with van der Waals surface area (Å²) in [7, 11) is -2.90. The number of hydrogen-bond donors (Lipinski definition) is 3. The number of sulfone groups is 1. The van der Waals surface area contributed by atoms with Crippen LogP contribution in [0.4, 0.5) is 4.79 Å². The molecule has 0 saturated heterocycles. The van der Waals surface area contributed by atoms with Crippen LogP contribution in [-0.2, 0) is 30.8 Å². The summed E-state index contributed by atoms with van der Waals surface area (Å²) in [6, 6.07) is 7.39. The lowest BCUT2D eigenvalue weighted by Crippen LogP contribution is -2.52. The molecular formula is C23H36N2O7S. The van der Waals surface area contributed by atoms with Crippen molar-refractivity contribution in [3.63, 3.8) is 0 Å². The first-order chi connectivity index (χ1) is 15.4. The fraction of sp³-hybridized carbons (Fsp3) is 0.522. The minimum Gasteiger partial charge on any atom is -0.480 e. The maximum absolute atomic E-state index is 12.5. The number of carbonyl (C=O) groups excluding carboxylic acids is 2. The summed E-state index contributed by atoms with van der Waals surface area (Å²) < 4.78 is 24.9. The molecule has 0 bridgehead atoms. The molecular weight excluding hydrogens is 448 g/mol. The monoisotopic (exact) mass is 484 g/mol. The van der Waals surface area contributed by atoms with Crippen LogP contribution in [0.1, 0.15) is 52.0 Å². The topological polar surface area (TPSA) is 139 Å². The van der Waals surface area contributed by atoms with Crippen LogP contribution >= 0.6 is 0 Å². The number of carbonyl (C=O) groups is 3. The highest BCUT2D eigenvalue weighted by atomic mass is 32.2. The second-order valence-corrected chi connectivity index (χ2v) is 9.92. The first kappa shape index (κ1) is 30.1. The van der Waals surface area contributed by atoms with Gasteiger partial charge >= 0.3 is 12.1 Å². The maximum atomic E-state index is 12.5. The van der Waals surface area contributed by atoms with E-state index in [-0.39, 0.29) is 12.5 Å². The van der Waals surface area contributed by atoms with Crippen molar-refractivity contribution in [3.05, 3.63) is 47.9 Å². The minimum absolute atomic E-state index is 0.0942. The van der Waals surface area contributed by atoms with Crippen LogP contribution in [0.2, 0.25) is 0 Å². The number of carboxylic acid groups (broad SMARTS) is 1. The maximum Gasteiger partial charge on any atom is 0.408 e. The van der Waals surface area contributed by atoms with Crippen LogP contribution in [0.25, 0.3) is 0 Å². The molecule has 1 rings (SSSR count). The number of rotatable bonds is 12. The molecule has 0 aromatic heterocycles. The zero-order chi connectivity index (χ0) is 25.4. The molecule has 3 N–H and O–H groups in total. The van der Waals surface area contributed by atoms with Crippen LogP contribution in [0.15, 0.2) is 42.3 Å². The number of amides is 2. The zero-order valence-corrected chi connectivity index (χ0v) is 20.6. The highest BCUT2D eigenvalue weighted by molar-refractivity contribution is 7.93. The molecule has 0 fully saturated rings. The van der Waals surface area contributed by atoms with E-state index in [0.717, 1.165) is 23.6 Å². The van der Waals surface area contributed by atoms with Gasteiger partial charge in [0, 0.05) is 11.7 Å². The smallest absolute Gasteiger partial charge is 0.408 e. The Morgan fingerprint density at radius 3 is 2.15 bits per heavy atom. The minimum atomic E-state index is -2.90. The Kier molecular flexibility index (Phi) is 14.5. The van der Waals surface area contributed by atoms with Crippen molar-refractivity contribution < 1.29 is 32.6 Å². The summed E-state index contributed by atoms with van der Waals surface area (Å²) in [6.07, 6.45) is 2.65. The Morgan fingerprint density at radius 1 is 1.12 bits per heavy atom. The fourth-order valence-corrected chi connectivity index (χ4v) is 2.55. The van der Waals surface area contributed by atoms with Gasteiger partial charge in [-0.25, -0.2) is 18.0 Å². The molecule has 0 heterocycles.